The molecule has 0 aliphatic carbocycles. The summed E-state index contributed by atoms with van der Waals surface area (Å²) in [5, 5.41) is 0. The number of carbonyl (C=O) groups is 1. The zero-order valence-electron chi connectivity index (χ0n) is 8.85. The van der Waals surface area contributed by atoms with Crippen LogP contribution in [0.1, 0.15) is 10.4 Å². The molecule has 0 spiro atoms. The summed E-state index contributed by atoms with van der Waals surface area (Å²) in [5.74, 6) is -1.70. The lowest BCUT2D eigenvalue weighted by atomic mass is 10.2. The fourth-order valence-electron chi connectivity index (χ4n) is 1.04. The maximum Gasteiger partial charge on any atom is 0.447 e. The van der Waals surface area contributed by atoms with Crippen LogP contribution in [0.15, 0.2) is 30.3 Å². The Hall–Kier alpha value is -1.00. The molecule has 0 bridgehead atoms. The van der Waals surface area contributed by atoms with Gasteiger partial charge in [0.1, 0.15) is 0 Å². The van der Waals surface area contributed by atoms with Gasteiger partial charge in [-0.1, -0.05) is 18.2 Å². The first-order valence-electron chi connectivity index (χ1n) is 4.60. The number of benzene rings is 1. The second-order valence-corrected chi connectivity index (χ2v) is 4.87. The molecule has 0 N–H and O–H groups in total. The number of ether oxygens (including phenoxy) is 1. The second kappa shape index (κ2) is 5.17. The highest BCUT2D eigenvalue weighted by molar-refractivity contribution is 14.1. The van der Waals surface area contributed by atoms with Crippen LogP contribution in [0.3, 0.4) is 0 Å². The summed E-state index contributed by atoms with van der Waals surface area (Å²) in [6.45, 7) is 0. The summed E-state index contributed by atoms with van der Waals surface area (Å²) in [5.41, 5.74) is -0.406. The van der Waals surface area contributed by atoms with Gasteiger partial charge in [0.25, 0.3) is 0 Å². The van der Waals surface area contributed by atoms with E-state index in [2.05, 4.69) is 4.74 Å². The molecule has 106 valence electrons. The third-order valence-corrected chi connectivity index (χ3v) is 3.42. The number of hydrogen-bond acceptors (Lipinski definition) is 2. The lowest BCUT2D eigenvalue weighted by Crippen LogP contribution is -2.54. The molecule has 1 rings (SSSR count). The van der Waals surface area contributed by atoms with Gasteiger partial charge in [0.15, 0.2) is 0 Å². The predicted molar refractivity (Wildman–Crippen MR) is 60.7 cm³/mol. The molecule has 0 heterocycles. The Bertz CT molecular complexity index is 439. The Balaban J connectivity index is 3.08. The van der Waals surface area contributed by atoms with Crippen molar-refractivity contribution in [1.29, 1.82) is 0 Å². The van der Waals surface area contributed by atoms with E-state index < -0.39 is 27.5 Å². The number of hydrogen-bond donors (Lipinski definition) is 0. The van der Waals surface area contributed by atoms with Gasteiger partial charge in [-0.25, -0.2) is 4.79 Å². The van der Waals surface area contributed by atoms with Crippen LogP contribution in [0.2, 0.25) is 0 Å². The summed E-state index contributed by atoms with van der Waals surface area (Å²) in [7, 11) is 0. The second-order valence-electron chi connectivity index (χ2n) is 3.35. The van der Waals surface area contributed by atoms with Crippen LogP contribution in [-0.4, -0.2) is 21.9 Å². The number of halogens is 7. The van der Waals surface area contributed by atoms with E-state index in [0.717, 1.165) is 12.1 Å². The van der Waals surface area contributed by atoms with Crippen LogP contribution in [-0.2, 0) is 4.74 Å². The van der Waals surface area contributed by atoms with Crippen LogP contribution in [0.25, 0.3) is 0 Å². The average Bonchev–Trinajstić information content (AvgIpc) is 2.27. The molecule has 19 heavy (non-hydrogen) atoms. The predicted octanol–water partition coefficient (Wildman–Crippen LogP) is 4.10. The number of alkyl halides is 7. The zero-order valence-corrected chi connectivity index (χ0v) is 11.0. The molecule has 0 radical (unpaired) electrons. The zero-order chi connectivity index (χ0) is 14.9. The van der Waals surface area contributed by atoms with Crippen LogP contribution >= 0.6 is 22.6 Å². The minimum absolute atomic E-state index is 0.0372. The van der Waals surface area contributed by atoms with Crippen molar-refractivity contribution in [2.24, 2.45) is 0 Å². The van der Waals surface area contributed by atoms with E-state index in [-0.39, 0.29) is 22.6 Å². The summed E-state index contributed by atoms with van der Waals surface area (Å²) in [4.78, 5) is 11.3. The fraction of sp³-hybridized carbons (Fsp3) is 0.300. The van der Waals surface area contributed by atoms with Gasteiger partial charge in [0.2, 0.25) is 0 Å². The Labute approximate surface area is 116 Å². The Kier molecular flexibility index (Phi) is 4.37. The third-order valence-electron chi connectivity index (χ3n) is 1.97. The monoisotopic (exact) mass is 398 g/mol. The van der Waals surface area contributed by atoms with Crippen molar-refractivity contribution in [2.75, 3.05) is 0 Å². The molecule has 0 saturated carbocycles. The van der Waals surface area contributed by atoms with Crippen molar-refractivity contribution >= 4 is 28.6 Å². The van der Waals surface area contributed by atoms with E-state index in [1.807, 2.05) is 0 Å². The summed E-state index contributed by atoms with van der Waals surface area (Å²) in [6.07, 6.45) is -11.6. The van der Waals surface area contributed by atoms with Crippen LogP contribution < -0.4 is 0 Å². The molecule has 0 aliphatic heterocycles. The van der Waals surface area contributed by atoms with Crippen molar-refractivity contribution in [3.8, 4) is 0 Å². The molecule has 0 aromatic heterocycles. The van der Waals surface area contributed by atoms with Crippen LogP contribution in [0, 0.1) is 0 Å². The highest BCUT2D eigenvalue weighted by atomic mass is 127. The minimum atomic E-state index is -5.78. The normalized spacial score (nSPS) is 13.2. The van der Waals surface area contributed by atoms with Crippen molar-refractivity contribution in [3.05, 3.63) is 35.9 Å². The lowest BCUT2D eigenvalue weighted by molar-refractivity contribution is -0.316. The molecule has 0 atom stereocenters. The Morgan fingerprint density at radius 1 is 0.947 bits per heavy atom. The van der Waals surface area contributed by atoms with E-state index in [1.54, 1.807) is 0 Å². The summed E-state index contributed by atoms with van der Waals surface area (Å²) >= 11 is 0.0372. The first kappa shape index (κ1) is 16.1. The van der Waals surface area contributed by atoms with Gasteiger partial charge in [-0.15, -0.1) is 0 Å². The van der Waals surface area contributed by atoms with Gasteiger partial charge >= 0.3 is 21.9 Å². The molecule has 9 heteroatoms. The van der Waals surface area contributed by atoms with Crippen molar-refractivity contribution in [2.45, 2.75) is 16.0 Å². The lowest BCUT2D eigenvalue weighted by Gasteiger charge is -2.31. The fourth-order valence-corrected chi connectivity index (χ4v) is 1.24. The van der Waals surface area contributed by atoms with Gasteiger partial charge in [0, 0.05) is 0 Å². The summed E-state index contributed by atoms with van der Waals surface area (Å²) in [6, 6.07) is 6.11. The molecule has 1 aromatic carbocycles. The highest BCUT2D eigenvalue weighted by Crippen LogP contribution is 2.50. The van der Waals surface area contributed by atoms with E-state index in [4.69, 9.17) is 0 Å². The van der Waals surface area contributed by atoms with Crippen LogP contribution in [0.5, 0.6) is 0 Å². The number of carbonyl (C=O) groups excluding carboxylic acids is 1. The average molecular weight is 398 g/mol. The highest BCUT2D eigenvalue weighted by Gasteiger charge is 2.73. The van der Waals surface area contributed by atoms with Gasteiger partial charge in [0.05, 0.1) is 5.56 Å². The molecule has 0 saturated heterocycles. The quantitative estimate of drug-likeness (QED) is 0.325. The van der Waals surface area contributed by atoms with Crippen molar-refractivity contribution in [1.82, 2.24) is 0 Å². The van der Waals surface area contributed by atoms with Gasteiger partial charge in [-0.2, -0.15) is 26.3 Å². The minimum Gasteiger partial charge on any atom is -0.426 e. The largest absolute Gasteiger partial charge is 0.447 e. The molecule has 2 nitrogen and oxygen atoms in total. The molecule has 0 amide bonds. The first-order valence-corrected chi connectivity index (χ1v) is 5.67. The molecular formula is C10H5F6IO2. The molecule has 0 unspecified atom stereocenters. The number of esters is 1. The van der Waals surface area contributed by atoms with E-state index in [0.29, 0.717) is 0 Å². The van der Waals surface area contributed by atoms with Crippen LogP contribution in [0.4, 0.5) is 26.3 Å². The SMILES string of the molecule is O=C(OC(I)(C(F)(F)F)C(F)(F)F)c1ccccc1. The maximum absolute atomic E-state index is 12.5. The van der Waals surface area contributed by atoms with Gasteiger partial charge < -0.3 is 4.74 Å². The van der Waals surface area contributed by atoms with Gasteiger partial charge in [-0.3, -0.25) is 0 Å². The Morgan fingerprint density at radius 3 is 1.74 bits per heavy atom. The molecular weight excluding hydrogens is 393 g/mol. The topological polar surface area (TPSA) is 26.3 Å². The van der Waals surface area contributed by atoms with Crippen molar-refractivity contribution < 1.29 is 35.9 Å². The Morgan fingerprint density at radius 2 is 1.37 bits per heavy atom. The van der Waals surface area contributed by atoms with E-state index in [1.165, 1.54) is 18.2 Å². The third kappa shape index (κ3) is 3.31. The summed E-state index contributed by atoms with van der Waals surface area (Å²) < 4.78 is 73.9. The van der Waals surface area contributed by atoms with Crippen molar-refractivity contribution in [3.63, 3.8) is 0 Å². The van der Waals surface area contributed by atoms with E-state index in [9.17, 15) is 31.1 Å². The molecule has 0 fully saturated rings. The van der Waals surface area contributed by atoms with E-state index >= 15 is 0 Å². The molecule has 1 aromatic rings. The number of rotatable bonds is 2. The standard InChI is InChI=1S/C10H5F6IO2/c11-9(12,13)8(17,10(14,15)16)19-7(18)6-4-2-1-3-5-6/h1-5H. The smallest absolute Gasteiger partial charge is 0.426 e. The maximum atomic E-state index is 12.5. The molecule has 0 aliphatic rings. The van der Waals surface area contributed by atoms with Gasteiger partial charge in [-0.05, 0) is 34.7 Å². The first-order chi connectivity index (χ1) is 8.49.